The van der Waals surface area contributed by atoms with E-state index in [1.165, 1.54) is 48.0 Å². The van der Waals surface area contributed by atoms with Gasteiger partial charge < -0.3 is 30.5 Å². The summed E-state index contributed by atoms with van der Waals surface area (Å²) < 4.78 is 44.2. The first-order chi connectivity index (χ1) is 24.7. The number of alkyl halides is 3. The predicted octanol–water partition coefficient (Wildman–Crippen LogP) is 3.26. The van der Waals surface area contributed by atoms with Gasteiger partial charge >= 0.3 is 12.1 Å². The van der Waals surface area contributed by atoms with Crippen molar-refractivity contribution >= 4 is 46.8 Å². The quantitative estimate of drug-likeness (QED) is 0.242. The van der Waals surface area contributed by atoms with E-state index >= 15 is 0 Å². The van der Waals surface area contributed by atoms with Crippen LogP contribution in [0.15, 0.2) is 48.8 Å². The number of aromatic nitrogens is 5. The summed E-state index contributed by atoms with van der Waals surface area (Å²) in [6.45, 7) is 2.32. The highest BCUT2D eigenvalue weighted by Crippen LogP contribution is 2.37. The van der Waals surface area contributed by atoms with Gasteiger partial charge in [-0.15, -0.1) is 0 Å². The molecule has 3 amide bonds. The van der Waals surface area contributed by atoms with Crippen molar-refractivity contribution in [1.82, 2.24) is 39.0 Å². The van der Waals surface area contributed by atoms with Crippen LogP contribution in [0.25, 0.3) is 17.1 Å². The van der Waals surface area contributed by atoms with Gasteiger partial charge in [0.15, 0.2) is 17.3 Å². The van der Waals surface area contributed by atoms with Crippen LogP contribution in [-0.4, -0.2) is 114 Å². The number of carboxylic acids is 1. The molecule has 0 atom stereocenters. The van der Waals surface area contributed by atoms with Crippen LogP contribution in [0.1, 0.15) is 39.5 Å². The number of halogens is 4. The lowest BCUT2D eigenvalue weighted by Crippen LogP contribution is -2.53. The van der Waals surface area contributed by atoms with Gasteiger partial charge in [0.25, 0.3) is 11.8 Å². The van der Waals surface area contributed by atoms with Crippen LogP contribution in [0.4, 0.5) is 24.7 Å². The molecule has 2 aliphatic rings. The number of anilines is 2. The number of carboxylic acid groups (broad SMARTS) is 1. The highest BCUT2D eigenvalue weighted by Gasteiger charge is 2.39. The van der Waals surface area contributed by atoms with Crippen LogP contribution in [0.3, 0.4) is 0 Å². The molecule has 1 aromatic carbocycles. The van der Waals surface area contributed by atoms with Crippen LogP contribution in [0, 0.1) is 5.92 Å². The Morgan fingerprint density at radius 2 is 1.71 bits per heavy atom. The molecule has 6 rings (SSSR count). The number of rotatable bonds is 8. The number of nitrogens with two attached hydrogens (primary N) is 1. The standard InChI is InChI=1S/C33H34ClF3N10O5/c1-43-24(22-17-47(42-28(22)33(35,36)37)26-4-2-3-25(38)41-26)16-39-29(43)30(50)40-20-5-6-21(23(34)15-20)32(52)46-13-11-45(12-14-46)31(51)19-7-9-44(10-8-19)18-27(48)49/h2-6,15-17,19H,7-14,18H2,1H3,(H2,38,41)(H,40,50)(H,48,49). The number of nitrogens with zero attached hydrogens (tertiary/aromatic N) is 8. The second-order valence-electron chi connectivity index (χ2n) is 12.5. The number of aliphatic carboxylic acids is 1. The first kappa shape index (κ1) is 36.3. The zero-order chi connectivity index (χ0) is 37.3. The average molecular weight is 743 g/mol. The molecule has 3 aromatic heterocycles. The summed E-state index contributed by atoms with van der Waals surface area (Å²) in [7, 11) is 1.39. The van der Waals surface area contributed by atoms with Crippen LogP contribution in [0.5, 0.6) is 0 Å². The number of amides is 3. The van der Waals surface area contributed by atoms with E-state index < -0.39 is 23.7 Å². The van der Waals surface area contributed by atoms with Crippen molar-refractivity contribution < 1.29 is 37.5 Å². The zero-order valence-electron chi connectivity index (χ0n) is 27.8. The van der Waals surface area contributed by atoms with E-state index in [9.17, 15) is 32.3 Å². The molecule has 52 heavy (non-hydrogen) atoms. The number of piperazine rings is 1. The van der Waals surface area contributed by atoms with Gasteiger partial charge in [0, 0.05) is 51.0 Å². The summed E-state index contributed by atoms with van der Waals surface area (Å²) in [4.78, 5) is 63.9. The number of imidazole rings is 1. The minimum Gasteiger partial charge on any atom is -0.480 e. The Kier molecular flexibility index (Phi) is 10.2. The normalized spacial score (nSPS) is 15.9. The smallest absolute Gasteiger partial charge is 0.435 e. The summed E-state index contributed by atoms with van der Waals surface area (Å²) in [6, 6.07) is 8.78. The van der Waals surface area contributed by atoms with Crippen LogP contribution < -0.4 is 11.1 Å². The van der Waals surface area contributed by atoms with E-state index in [0.29, 0.717) is 52.1 Å². The molecule has 2 saturated heterocycles. The molecular formula is C33H34ClF3N10O5. The number of pyridine rings is 1. The van der Waals surface area contributed by atoms with Gasteiger partial charge in [-0.25, -0.2) is 14.6 Å². The number of carbonyl (C=O) groups excluding carboxylic acids is 3. The third-order valence-corrected chi connectivity index (χ3v) is 9.38. The Bertz CT molecular complexity index is 2020. The van der Waals surface area contributed by atoms with Crippen molar-refractivity contribution in [3.8, 4) is 17.1 Å². The fraction of sp³-hybridized carbons (Fsp3) is 0.364. The molecule has 4 aromatic rings. The van der Waals surface area contributed by atoms with Gasteiger partial charge in [0.05, 0.1) is 34.6 Å². The van der Waals surface area contributed by atoms with Crippen LogP contribution >= 0.6 is 11.6 Å². The summed E-state index contributed by atoms with van der Waals surface area (Å²) in [5, 5.41) is 15.4. The fourth-order valence-electron chi connectivity index (χ4n) is 6.37. The molecule has 5 heterocycles. The SMILES string of the molecule is Cn1c(-c2cn(-c3cccc(N)n3)nc2C(F)(F)F)cnc1C(=O)Nc1ccc(C(=O)N2CCN(C(=O)C3CCN(CC(=O)O)CC3)CC2)c(Cl)c1. The molecule has 15 nitrogen and oxygen atoms in total. The van der Waals surface area contributed by atoms with Crippen LogP contribution in [-0.2, 0) is 22.8 Å². The highest BCUT2D eigenvalue weighted by molar-refractivity contribution is 6.34. The first-order valence-electron chi connectivity index (χ1n) is 16.2. The van der Waals surface area contributed by atoms with E-state index in [2.05, 4.69) is 20.4 Å². The number of nitrogen functional groups attached to an aromatic ring is 1. The molecule has 0 spiro atoms. The number of likely N-dealkylation sites (tertiary alicyclic amines) is 1. The van der Waals surface area contributed by atoms with Gasteiger partial charge in [0.2, 0.25) is 5.91 Å². The number of benzene rings is 1. The Hall–Kier alpha value is -5.49. The van der Waals surface area contributed by atoms with Gasteiger partial charge in [-0.3, -0.25) is 24.1 Å². The van der Waals surface area contributed by atoms with E-state index in [0.717, 1.165) is 17.1 Å². The van der Waals surface area contributed by atoms with E-state index in [-0.39, 0.29) is 69.3 Å². The minimum absolute atomic E-state index is 0.00555. The number of hydrogen-bond donors (Lipinski definition) is 3. The van der Waals surface area contributed by atoms with Crippen LogP contribution in [0.2, 0.25) is 5.02 Å². The van der Waals surface area contributed by atoms with Crippen molar-refractivity contribution in [2.75, 3.05) is 56.9 Å². The Morgan fingerprint density at radius 3 is 2.35 bits per heavy atom. The molecule has 2 aliphatic heterocycles. The van der Waals surface area contributed by atoms with E-state index in [1.54, 1.807) is 9.80 Å². The lowest BCUT2D eigenvalue weighted by atomic mass is 9.95. The molecule has 0 bridgehead atoms. The summed E-state index contributed by atoms with van der Waals surface area (Å²) in [6.07, 6.45) is -1.41. The molecular weight excluding hydrogens is 709 g/mol. The highest BCUT2D eigenvalue weighted by atomic mass is 35.5. The summed E-state index contributed by atoms with van der Waals surface area (Å²) in [5.41, 5.74) is 4.53. The van der Waals surface area contributed by atoms with Gasteiger partial charge in [-0.2, -0.15) is 18.3 Å². The summed E-state index contributed by atoms with van der Waals surface area (Å²) in [5.74, 6) is -2.20. The topological polar surface area (TPSA) is 185 Å². The first-order valence-corrected chi connectivity index (χ1v) is 16.6. The largest absolute Gasteiger partial charge is 0.480 e. The fourth-order valence-corrected chi connectivity index (χ4v) is 6.63. The van der Waals surface area contributed by atoms with Crippen molar-refractivity contribution in [2.45, 2.75) is 19.0 Å². The predicted molar refractivity (Wildman–Crippen MR) is 182 cm³/mol. The zero-order valence-corrected chi connectivity index (χ0v) is 28.6. The van der Waals surface area contributed by atoms with Gasteiger partial charge in [-0.05, 0) is 56.3 Å². The average Bonchev–Trinajstić information content (AvgIpc) is 3.72. The molecule has 0 aliphatic carbocycles. The number of hydrogen-bond acceptors (Lipinski definition) is 9. The monoisotopic (exact) mass is 742 g/mol. The Balaban J connectivity index is 1.08. The third kappa shape index (κ3) is 7.71. The maximum atomic E-state index is 14.0. The molecule has 2 fully saturated rings. The lowest BCUT2D eigenvalue weighted by Gasteiger charge is -2.38. The second kappa shape index (κ2) is 14.6. The van der Waals surface area contributed by atoms with Crippen molar-refractivity contribution in [1.29, 1.82) is 0 Å². The third-order valence-electron chi connectivity index (χ3n) is 9.07. The van der Waals surface area contributed by atoms with Gasteiger partial charge in [-0.1, -0.05) is 17.7 Å². The summed E-state index contributed by atoms with van der Waals surface area (Å²) >= 11 is 6.48. The van der Waals surface area contributed by atoms with Gasteiger partial charge in [0.1, 0.15) is 5.82 Å². The molecule has 0 unspecified atom stereocenters. The number of piperidine rings is 1. The maximum Gasteiger partial charge on any atom is 0.435 e. The van der Waals surface area contributed by atoms with E-state index in [1.807, 2.05) is 4.90 Å². The maximum absolute atomic E-state index is 14.0. The molecule has 0 radical (unpaired) electrons. The second-order valence-corrected chi connectivity index (χ2v) is 12.9. The molecule has 4 N–H and O–H groups in total. The van der Waals surface area contributed by atoms with Crippen molar-refractivity contribution in [2.24, 2.45) is 13.0 Å². The molecule has 0 saturated carbocycles. The van der Waals surface area contributed by atoms with E-state index in [4.69, 9.17) is 22.4 Å². The molecule has 19 heteroatoms. The number of nitrogens with one attached hydrogen (secondary N) is 1. The number of carbonyl (C=O) groups is 4. The Morgan fingerprint density at radius 1 is 1.02 bits per heavy atom. The lowest BCUT2D eigenvalue weighted by molar-refractivity contribution is -0.141. The Labute approximate surface area is 299 Å². The minimum atomic E-state index is -4.84. The van der Waals surface area contributed by atoms with Crippen molar-refractivity contribution in [3.63, 3.8) is 0 Å². The van der Waals surface area contributed by atoms with Crippen molar-refractivity contribution in [3.05, 3.63) is 70.9 Å². The molecule has 274 valence electrons.